The highest BCUT2D eigenvalue weighted by molar-refractivity contribution is 6.31. The molecule has 3 rings (SSSR count). The summed E-state index contributed by atoms with van der Waals surface area (Å²) in [6.45, 7) is 4.09. The van der Waals surface area contributed by atoms with Crippen molar-refractivity contribution in [1.29, 1.82) is 0 Å². The molecule has 1 atom stereocenters. The van der Waals surface area contributed by atoms with Crippen LogP contribution < -0.4 is 0 Å². The van der Waals surface area contributed by atoms with Gasteiger partial charge in [-0.1, -0.05) is 41.9 Å². The number of hydrogen-bond acceptors (Lipinski definition) is 2. The molecule has 1 aliphatic rings. The summed E-state index contributed by atoms with van der Waals surface area (Å²) in [5.74, 6) is -0.485. The van der Waals surface area contributed by atoms with E-state index in [0.29, 0.717) is 31.2 Å². The Hall–Kier alpha value is -2.40. The molecular formula is C23H26ClFN2O2. The number of piperidine rings is 1. The van der Waals surface area contributed by atoms with Gasteiger partial charge >= 0.3 is 0 Å². The van der Waals surface area contributed by atoms with Gasteiger partial charge in [-0.25, -0.2) is 4.39 Å². The van der Waals surface area contributed by atoms with Crippen LogP contribution in [0.25, 0.3) is 0 Å². The number of carbonyl (C=O) groups excluding carboxylic acids is 2. The molecule has 0 aromatic heterocycles. The lowest BCUT2D eigenvalue weighted by Gasteiger charge is -2.35. The van der Waals surface area contributed by atoms with Gasteiger partial charge < -0.3 is 9.80 Å². The minimum absolute atomic E-state index is 0.0248. The third-order valence-electron chi connectivity index (χ3n) is 5.40. The van der Waals surface area contributed by atoms with Gasteiger partial charge in [0.25, 0.3) is 0 Å². The first-order chi connectivity index (χ1) is 14.0. The van der Waals surface area contributed by atoms with Gasteiger partial charge in [-0.2, -0.15) is 0 Å². The Kier molecular flexibility index (Phi) is 7.26. The van der Waals surface area contributed by atoms with E-state index < -0.39 is 0 Å². The second-order valence-electron chi connectivity index (χ2n) is 7.43. The fourth-order valence-electron chi connectivity index (χ4n) is 3.73. The zero-order valence-electron chi connectivity index (χ0n) is 16.6. The van der Waals surface area contributed by atoms with Gasteiger partial charge in [-0.3, -0.25) is 9.59 Å². The Bertz CT molecular complexity index is 856. The van der Waals surface area contributed by atoms with Gasteiger partial charge in [0.2, 0.25) is 11.8 Å². The maximum absolute atomic E-state index is 13.1. The van der Waals surface area contributed by atoms with Crippen LogP contribution in [0.3, 0.4) is 0 Å². The molecule has 1 saturated heterocycles. The van der Waals surface area contributed by atoms with E-state index in [4.69, 9.17) is 11.6 Å². The third kappa shape index (κ3) is 5.57. The number of rotatable bonds is 6. The first-order valence-corrected chi connectivity index (χ1v) is 10.4. The molecule has 1 fully saturated rings. The highest BCUT2D eigenvalue weighted by atomic mass is 35.5. The minimum atomic E-state index is -0.317. The molecule has 0 aliphatic carbocycles. The predicted molar refractivity (Wildman–Crippen MR) is 112 cm³/mol. The van der Waals surface area contributed by atoms with Crippen LogP contribution in [0.15, 0.2) is 48.5 Å². The molecule has 1 unspecified atom stereocenters. The first kappa shape index (κ1) is 21.3. The molecular weight excluding hydrogens is 391 g/mol. The number of nitrogens with zero attached hydrogens (tertiary/aromatic N) is 2. The lowest BCUT2D eigenvalue weighted by atomic mass is 9.95. The van der Waals surface area contributed by atoms with E-state index in [1.807, 2.05) is 31.2 Å². The quantitative estimate of drug-likeness (QED) is 0.704. The number of amides is 2. The molecule has 1 aliphatic heterocycles. The van der Waals surface area contributed by atoms with Crippen molar-refractivity contribution in [2.24, 2.45) is 5.92 Å². The summed E-state index contributed by atoms with van der Waals surface area (Å²) < 4.78 is 13.1. The van der Waals surface area contributed by atoms with Crippen molar-refractivity contribution in [2.45, 2.75) is 32.7 Å². The van der Waals surface area contributed by atoms with Crippen molar-refractivity contribution in [2.75, 3.05) is 19.6 Å². The van der Waals surface area contributed by atoms with Gasteiger partial charge in [0.15, 0.2) is 0 Å². The zero-order valence-corrected chi connectivity index (χ0v) is 17.4. The van der Waals surface area contributed by atoms with Crippen LogP contribution in [0.2, 0.25) is 5.02 Å². The molecule has 1 heterocycles. The average molecular weight is 417 g/mol. The molecule has 0 bridgehead atoms. The molecule has 29 heavy (non-hydrogen) atoms. The monoisotopic (exact) mass is 416 g/mol. The average Bonchev–Trinajstić information content (AvgIpc) is 2.74. The maximum Gasteiger partial charge on any atom is 0.227 e. The summed E-state index contributed by atoms with van der Waals surface area (Å²) in [5, 5.41) is 0.651. The van der Waals surface area contributed by atoms with Gasteiger partial charge in [0.05, 0.1) is 12.3 Å². The van der Waals surface area contributed by atoms with Crippen LogP contribution in [0, 0.1) is 11.7 Å². The van der Waals surface area contributed by atoms with Gasteiger partial charge in [0.1, 0.15) is 5.82 Å². The van der Waals surface area contributed by atoms with E-state index in [-0.39, 0.29) is 30.0 Å². The Balaban J connectivity index is 1.62. The van der Waals surface area contributed by atoms with Crippen molar-refractivity contribution in [3.8, 4) is 0 Å². The van der Waals surface area contributed by atoms with Crippen molar-refractivity contribution < 1.29 is 14.0 Å². The Morgan fingerprint density at radius 2 is 1.90 bits per heavy atom. The molecule has 2 aromatic rings. The van der Waals surface area contributed by atoms with E-state index in [1.54, 1.807) is 21.9 Å². The van der Waals surface area contributed by atoms with Crippen LogP contribution in [-0.2, 0) is 22.6 Å². The topological polar surface area (TPSA) is 40.6 Å². The molecule has 154 valence electrons. The van der Waals surface area contributed by atoms with Crippen LogP contribution in [-0.4, -0.2) is 41.2 Å². The second kappa shape index (κ2) is 9.88. The van der Waals surface area contributed by atoms with Crippen molar-refractivity contribution in [3.63, 3.8) is 0 Å². The maximum atomic E-state index is 13.1. The van der Waals surface area contributed by atoms with Crippen molar-refractivity contribution in [3.05, 3.63) is 70.5 Å². The van der Waals surface area contributed by atoms with Crippen LogP contribution in [0.1, 0.15) is 30.9 Å². The third-order valence-corrected chi connectivity index (χ3v) is 5.77. The predicted octanol–water partition coefficient (Wildman–Crippen LogP) is 4.31. The summed E-state index contributed by atoms with van der Waals surface area (Å²) in [6, 6.07) is 13.5. The summed E-state index contributed by atoms with van der Waals surface area (Å²) in [6.07, 6.45) is 1.80. The Morgan fingerprint density at radius 3 is 2.59 bits per heavy atom. The van der Waals surface area contributed by atoms with E-state index in [1.165, 1.54) is 12.1 Å². The van der Waals surface area contributed by atoms with E-state index in [9.17, 15) is 14.0 Å². The summed E-state index contributed by atoms with van der Waals surface area (Å²) in [7, 11) is 0. The lowest BCUT2D eigenvalue weighted by Crippen LogP contribution is -2.47. The minimum Gasteiger partial charge on any atom is -0.342 e. The van der Waals surface area contributed by atoms with Crippen LogP contribution >= 0.6 is 11.6 Å². The fourth-order valence-corrected chi connectivity index (χ4v) is 3.93. The van der Waals surface area contributed by atoms with Crippen LogP contribution in [0.5, 0.6) is 0 Å². The normalized spacial score (nSPS) is 16.5. The molecule has 4 nitrogen and oxygen atoms in total. The molecule has 6 heteroatoms. The number of hydrogen-bond donors (Lipinski definition) is 0. The lowest BCUT2D eigenvalue weighted by molar-refractivity contribution is -0.141. The SMILES string of the molecule is CCN(Cc1ccccc1Cl)C(=O)C1CCCN(C(=O)Cc2ccc(F)cc2)C1. The summed E-state index contributed by atoms with van der Waals surface area (Å²) in [5.41, 5.74) is 1.70. The second-order valence-corrected chi connectivity index (χ2v) is 7.83. The number of benzene rings is 2. The summed E-state index contributed by atoms with van der Waals surface area (Å²) in [4.78, 5) is 29.4. The van der Waals surface area contributed by atoms with E-state index in [0.717, 1.165) is 24.0 Å². The van der Waals surface area contributed by atoms with Gasteiger partial charge in [-0.05, 0) is 49.1 Å². The smallest absolute Gasteiger partial charge is 0.227 e. The van der Waals surface area contributed by atoms with E-state index >= 15 is 0 Å². The van der Waals surface area contributed by atoms with Crippen LogP contribution in [0.4, 0.5) is 4.39 Å². The molecule has 2 amide bonds. The summed E-state index contributed by atoms with van der Waals surface area (Å²) >= 11 is 6.25. The molecule has 0 saturated carbocycles. The number of likely N-dealkylation sites (tertiary alicyclic amines) is 1. The molecule has 0 spiro atoms. The highest BCUT2D eigenvalue weighted by Gasteiger charge is 2.31. The molecule has 0 radical (unpaired) electrons. The van der Waals surface area contributed by atoms with Crippen molar-refractivity contribution in [1.82, 2.24) is 9.80 Å². The first-order valence-electron chi connectivity index (χ1n) is 10.0. The highest BCUT2D eigenvalue weighted by Crippen LogP contribution is 2.23. The van der Waals surface area contributed by atoms with Gasteiger partial charge in [-0.15, -0.1) is 0 Å². The molecule has 2 aromatic carbocycles. The Morgan fingerprint density at radius 1 is 1.17 bits per heavy atom. The Labute approximate surface area is 176 Å². The van der Waals surface area contributed by atoms with Crippen molar-refractivity contribution >= 4 is 23.4 Å². The number of halogens is 2. The number of carbonyl (C=O) groups is 2. The zero-order chi connectivity index (χ0) is 20.8. The van der Waals surface area contributed by atoms with Gasteiger partial charge in [0, 0.05) is 31.2 Å². The van der Waals surface area contributed by atoms with E-state index in [2.05, 4.69) is 0 Å². The molecule has 0 N–H and O–H groups in total. The largest absolute Gasteiger partial charge is 0.342 e. The fraction of sp³-hybridized carbons (Fsp3) is 0.391. The standard InChI is InChI=1S/C23H26ClFN2O2/c1-2-26(15-18-6-3-4-8-21(18)24)23(29)19-7-5-13-27(16-19)22(28)14-17-9-11-20(25)12-10-17/h3-4,6,8-12,19H,2,5,7,13-16H2,1H3.